The van der Waals surface area contributed by atoms with Gasteiger partial charge >= 0.3 is 0 Å². The van der Waals surface area contributed by atoms with E-state index in [2.05, 4.69) is 74.6 Å². The topological polar surface area (TPSA) is 29.1 Å². The van der Waals surface area contributed by atoms with Crippen molar-refractivity contribution >= 4 is 5.91 Å². The van der Waals surface area contributed by atoms with Gasteiger partial charge in [-0.3, -0.25) is 4.79 Å². The van der Waals surface area contributed by atoms with Crippen LogP contribution in [0.4, 0.5) is 0 Å². The summed E-state index contributed by atoms with van der Waals surface area (Å²) in [6.07, 6.45) is 4.26. The predicted octanol–water partition coefficient (Wildman–Crippen LogP) is 6.05. The quantitative estimate of drug-likeness (QED) is 0.520. The third-order valence-corrected chi connectivity index (χ3v) is 5.34. The molecule has 0 heterocycles. The minimum Gasteiger partial charge on any atom is -0.351 e. The van der Waals surface area contributed by atoms with Crippen molar-refractivity contribution in [1.82, 2.24) is 5.32 Å². The molecule has 1 atom stereocenters. The summed E-state index contributed by atoms with van der Waals surface area (Å²) in [5.41, 5.74) is -0.101. The summed E-state index contributed by atoms with van der Waals surface area (Å²) in [5, 5.41) is 3.36. The molecule has 2 nitrogen and oxygen atoms in total. The smallest absolute Gasteiger partial charge is 0.224 e. The Hall–Kier alpha value is -0.530. The molecule has 0 bridgehead atoms. The monoisotopic (exact) mass is 325 g/mol. The number of rotatable bonds is 10. The highest BCUT2D eigenvalue weighted by molar-refractivity contribution is 5.80. The van der Waals surface area contributed by atoms with Crippen molar-refractivity contribution in [3.05, 3.63) is 0 Å². The third kappa shape index (κ3) is 7.27. The maximum Gasteiger partial charge on any atom is 0.224 e. The van der Waals surface area contributed by atoms with Gasteiger partial charge in [0.15, 0.2) is 0 Å². The normalized spacial score (nSPS) is 14.7. The molecule has 0 aliphatic carbocycles. The first-order valence-electron chi connectivity index (χ1n) is 9.69. The summed E-state index contributed by atoms with van der Waals surface area (Å²) in [6, 6.07) is 0. The Balaban J connectivity index is 5.35. The Labute approximate surface area is 146 Å². The molecule has 0 saturated carbocycles. The first-order chi connectivity index (χ1) is 10.4. The van der Waals surface area contributed by atoms with Gasteiger partial charge in [0.2, 0.25) is 5.91 Å². The molecule has 0 spiro atoms. The second kappa shape index (κ2) is 9.08. The van der Waals surface area contributed by atoms with Crippen molar-refractivity contribution in [1.29, 1.82) is 0 Å². The molecule has 1 N–H and O–H groups in total. The van der Waals surface area contributed by atoms with Gasteiger partial charge in [0.05, 0.1) is 0 Å². The second-order valence-corrected chi connectivity index (χ2v) is 9.49. The average Bonchev–Trinajstić information content (AvgIpc) is 2.34. The minimum absolute atomic E-state index is 0.0335. The fourth-order valence-electron chi connectivity index (χ4n) is 4.34. The van der Waals surface area contributed by atoms with Crippen LogP contribution in [0.15, 0.2) is 0 Å². The second-order valence-electron chi connectivity index (χ2n) is 9.49. The van der Waals surface area contributed by atoms with E-state index in [0.717, 1.165) is 25.7 Å². The summed E-state index contributed by atoms with van der Waals surface area (Å²) >= 11 is 0. The molecular weight excluding hydrogens is 282 g/mol. The number of hydrogen-bond donors (Lipinski definition) is 1. The molecule has 138 valence electrons. The lowest BCUT2D eigenvalue weighted by molar-refractivity contribution is -0.133. The average molecular weight is 326 g/mol. The summed E-state index contributed by atoms with van der Waals surface area (Å²) in [5.74, 6) is 2.04. The molecule has 2 heteroatoms. The zero-order valence-corrected chi connectivity index (χ0v) is 17.5. The van der Waals surface area contributed by atoms with Crippen LogP contribution in [0.5, 0.6) is 0 Å². The molecule has 0 saturated heterocycles. The predicted molar refractivity (Wildman–Crippen MR) is 102 cm³/mol. The van der Waals surface area contributed by atoms with Crippen molar-refractivity contribution in [3.63, 3.8) is 0 Å². The van der Waals surface area contributed by atoms with Crippen LogP contribution in [-0.4, -0.2) is 11.4 Å². The van der Waals surface area contributed by atoms with Gasteiger partial charge in [-0.25, -0.2) is 0 Å². The van der Waals surface area contributed by atoms with Gasteiger partial charge in [0, 0.05) is 11.5 Å². The van der Waals surface area contributed by atoms with E-state index in [-0.39, 0.29) is 22.8 Å². The van der Waals surface area contributed by atoms with E-state index in [0.29, 0.717) is 17.8 Å². The summed E-state index contributed by atoms with van der Waals surface area (Å²) < 4.78 is 0. The van der Waals surface area contributed by atoms with E-state index in [1.54, 1.807) is 0 Å². The maximum atomic E-state index is 13.1. The number of carbonyl (C=O) groups is 1. The van der Waals surface area contributed by atoms with E-state index in [1.807, 2.05) is 0 Å². The highest BCUT2D eigenvalue weighted by Gasteiger charge is 2.41. The Morgan fingerprint density at radius 3 is 1.74 bits per heavy atom. The maximum absolute atomic E-state index is 13.1. The Kier molecular flexibility index (Phi) is 8.87. The third-order valence-electron chi connectivity index (χ3n) is 5.34. The fraction of sp³-hybridized carbons (Fsp3) is 0.952. The van der Waals surface area contributed by atoms with Gasteiger partial charge in [0.25, 0.3) is 0 Å². The highest BCUT2D eigenvalue weighted by atomic mass is 16.2. The van der Waals surface area contributed by atoms with Crippen LogP contribution >= 0.6 is 0 Å². The number of nitrogens with one attached hydrogen (secondary N) is 1. The van der Waals surface area contributed by atoms with Gasteiger partial charge in [-0.2, -0.15) is 0 Å². The van der Waals surface area contributed by atoms with Gasteiger partial charge < -0.3 is 5.32 Å². The lowest BCUT2D eigenvalue weighted by Crippen LogP contribution is -2.51. The van der Waals surface area contributed by atoms with E-state index >= 15 is 0 Å². The molecule has 23 heavy (non-hydrogen) atoms. The van der Waals surface area contributed by atoms with E-state index in [4.69, 9.17) is 0 Å². The summed E-state index contributed by atoms with van der Waals surface area (Å²) in [6.45, 7) is 22.3. The van der Waals surface area contributed by atoms with Crippen molar-refractivity contribution in [3.8, 4) is 0 Å². The van der Waals surface area contributed by atoms with Crippen molar-refractivity contribution < 1.29 is 4.79 Å². The van der Waals surface area contributed by atoms with Crippen LogP contribution < -0.4 is 5.32 Å². The van der Waals surface area contributed by atoms with Crippen molar-refractivity contribution in [2.45, 2.75) is 100 Å². The summed E-state index contributed by atoms with van der Waals surface area (Å²) in [7, 11) is 0. The largest absolute Gasteiger partial charge is 0.351 e. The SMILES string of the molecule is CCC(CC)C(C)(C)C(CC(C)C)C(=O)NC(C)(C)CC(C)C. The Morgan fingerprint density at radius 1 is 0.913 bits per heavy atom. The van der Waals surface area contributed by atoms with Gasteiger partial charge in [0.1, 0.15) is 0 Å². The summed E-state index contributed by atoms with van der Waals surface area (Å²) in [4.78, 5) is 13.1. The van der Waals surface area contributed by atoms with E-state index in [9.17, 15) is 4.79 Å². The molecule has 0 aliphatic rings. The molecule has 0 aliphatic heterocycles. The first-order valence-corrected chi connectivity index (χ1v) is 9.69. The molecule has 0 aromatic carbocycles. The molecule has 0 fully saturated rings. The van der Waals surface area contributed by atoms with Gasteiger partial charge in [-0.1, -0.05) is 68.2 Å². The minimum atomic E-state index is -0.134. The number of hydrogen-bond acceptors (Lipinski definition) is 1. The van der Waals surface area contributed by atoms with Crippen molar-refractivity contribution in [2.75, 3.05) is 0 Å². The van der Waals surface area contributed by atoms with Gasteiger partial charge in [-0.15, -0.1) is 0 Å². The molecule has 0 radical (unpaired) electrons. The Bertz CT molecular complexity index is 351. The lowest BCUT2D eigenvalue weighted by atomic mass is 9.64. The Morgan fingerprint density at radius 2 is 1.39 bits per heavy atom. The molecule has 1 unspecified atom stereocenters. The molecule has 0 aromatic rings. The van der Waals surface area contributed by atoms with E-state index in [1.165, 1.54) is 0 Å². The van der Waals surface area contributed by atoms with Crippen LogP contribution in [0.1, 0.15) is 94.9 Å². The molecule has 0 rings (SSSR count). The van der Waals surface area contributed by atoms with Crippen LogP contribution in [0.2, 0.25) is 0 Å². The van der Waals surface area contributed by atoms with Crippen LogP contribution in [0, 0.1) is 29.1 Å². The fourth-order valence-corrected chi connectivity index (χ4v) is 4.34. The van der Waals surface area contributed by atoms with Crippen LogP contribution in [-0.2, 0) is 4.79 Å². The molecule has 0 aromatic heterocycles. The standard InChI is InChI=1S/C21H43NO/c1-11-17(12-2)21(9,10)18(13-15(3)4)19(23)22-20(7,8)14-16(5)6/h15-18H,11-14H2,1-10H3,(H,22,23). The highest BCUT2D eigenvalue weighted by Crippen LogP contribution is 2.42. The van der Waals surface area contributed by atoms with Crippen LogP contribution in [0.3, 0.4) is 0 Å². The number of amides is 1. The number of carbonyl (C=O) groups excluding carboxylic acids is 1. The van der Waals surface area contributed by atoms with Crippen molar-refractivity contribution in [2.24, 2.45) is 29.1 Å². The first kappa shape index (κ1) is 22.5. The zero-order valence-electron chi connectivity index (χ0n) is 17.5. The van der Waals surface area contributed by atoms with Gasteiger partial charge in [-0.05, 0) is 49.9 Å². The van der Waals surface area contributed by atoms with E-state index < -0.39 is 0 Å². The van der Waals surface area contributed by atoms with Crippen LogP contribution in [0.25, 0.3) is 0 Å². The lowest BCUT2D eigenvalue weighted by Gasteiger charge is -2.42. The molecular formula is C21H43NO. The molecule has 1 amide bonds. The zero-order chi connectivity index (χ0) is 18.4.